The molecular weight excluding hydrogens is 755 g/mol. The summed E-state index contributed by atoms with van der Waals surface area (Å²) < 4.78 is 70.5. The molecular formula is C32H34BrClF3N5O8. The van der Waals surface area contributed by atoms with Gasteiger partial charge in [-0.1, -0.05) is 15.9 Å². The number of aromatic amines is 2. The first-order valence-corrected chi connectivity index (χ1v) is 16.2. The molecule has 13 nitrogen and oxygen atoms in total. The average Bonchev–Trinajstić information content (AvgIpc) is 3.80. The van der Waals surface area contributed by atoms with Crippen LogP contribution in [0.4, 0.5) is 23.7 Å². The maximum absolute atomic E-state index is 14.5. The van der Waals surface area contributed by atoms with Gasteiger partial charge < -0.3 is 48.4 Å². The van der Waals surface area contributed by atoms with Crippen molar-refractivity contribution in [3.63, 3.8) is 0 Å². The zero-order chi connectivity index (χ0) is 35.4. The predicted molar refractivity (Wildman–Crippen MR) is 183 cm³/mol. The molecule has 0 bridgehead atoms. The number of nitrogens with zero attached hydrogens (tertiary/aromatic N) is 3. The van der Waals surface area contributed by atoms with Crippen LogP contribution < -0.4 is 23.8 Å². The molecule has 4 aromatic rings. The predicted octanol–water partition coefficient (Wildman–Crippen LogP) is 5.79. The molecule has 1 saturated heterocycles. The largest absolute Gasteiger partial charge is 0.493 e. The molecule has 2 amide bonds. The second-order valence-corrected chi connectivity index (χ2v) is 12.3. The van der Waals surface area contributed by atoms with Gasteiger partial charge in [0, 0.05) is 60.8 Å². The van der Waals surface area contributed by atoms with Gasteiger partial charge in [0.15, 0.2) is 17.2 Å². The molecule has 0 aliphatic carbocycles. The van der Waals surface area contributed by atoms with Gasteiger partial charge in [0.05, 0.1) is 50.7 Å². The Kier molecular flexibility index (Phi) is 10.4. The summed E-state index contributed by atoms with van der Waals surface area (Å²) in [6.07, 6.45) is -5.78. The van der Waals surface area contributed by atoms with E-state index in [0.29, 0.717) is 54.3 Å². The number of carbonyl (C=O) groups is 3. The molecule has 2 aromatic carbocycles. The fourth-order valence-corrected chi connectivity index (χ4v) is 7.00. The quantitative estimate of drug-likeness (QED) is 0.176. The molecule has 0 unspecified atom stereocenters. The van der Waals surface area contributed by atoms with Crippen molar-refractivity contribution in [2.75, 3.05) is 78.4 Å². The Balaban J connectivity index is 0.00000486. The van der Waals surface area contributed by atoms with Crippen molar-refractivity contribution in [3.8, 4) is 23.0 Å². The molecule has 270 valence electrons. The van der Waals surface area contributed by atoms with E-state index in [1.54, 1.807) is 12.1 Å². The van der Waals surface area contributed by atoms with E-state index in [2.05, 4.69) is 25.9 Å². The standard InChI is InChI=1S/C32H33BrF3N5O8.ClH/c1-39-6-8-40(9-7-39)31(44)49-19-12-18-21(22-23(30(43)48-5)28(32(34,35)36)38-25(19)22)16(13-33)14-41(18)29(42)17-10-15-11-20(45-2)26(46-3)27(47-4)24(15)37-17;/h10-12,16,37-38H,6-9,13-14H2,1-5H3;1H/t16-;/m1./s1. The number of anilines is 1. The number of aromatic nitrogens is 2. The molecule has 0 saturated carbocycles. The van der Waals surface area contributed by atoms with Gasteiger partial charge >= 0.3 is 18.2 Å². The van der Waals surface area contributed by atoms with E-state index in [1.807, 2.05) is 11.9 Å². The number of H-pyrrole nitrogens is 2. The molecule has 4 heterocycles. The Labute approximate surface area is 298 Å². The van der Waals surface area contributed by atoms with Gasteiger partial charge in [0.2, 0.25) is 5.75 Å². The molecule has 2 aromatic heterocycles. The number of rotatable bonds is 7. The number of halogens is 5. The molecule has 1 atom stereocenters. The highest BCUT2D eigenvalue weighted by molar-refractivity contribution is 9.09. The summed E-state index contributed by atoms with van der Waals surface area (Å²) in [6.45, 7) is 1.85. The third-order valence-corrected chi connectivity index (χ3v) is 9.66. The van der Waals surface area contributed by atoms with Gasteiger partial charge in [0.1, 0.15) is 11.4 Å². The maximum atomic E-state index is 14.5. The number of nitrogens with one attached hydrogen (secondary N) is 2. The van der Waals surface area contributed by atoms with Gasteiger partial charge in [0.25, 0.3) is 5.91 Å². The van der Waals surface area contributed by atoms with E-state index < -0.39 is 41.3 Å². The van der Waals surface area contributed by atoms with Crippen molar-refractivity contribution >= 4 is 73.8 Å². The number of hydrogen-bond donors (Lipinski definition) is 2. The Morgan fingerprint density at radius 1 is 0.920 bits per heavy atom. The lowest BCUT2D eigenvalue weighted by atomic mass is 9.95. The van der Waals surface area contributed by atoms with Crippen molar-refractivity contribution in [1.29, 1.82) is 0 Å². The SMILES string of the molecule is COC(=O)c1c(C(F)(F)F)[nH]c2c(OC(=O)N3CCN(C)CC3)cc3c(c12)[C@H](CBr)CN3C(=O)c1cc2cc(OC)c(OC)c(OC)c2[nH]1.Cl. The first-order valence-electron chi connectivity index (χ1n) is 15.1. The van der Waals surface area contributed by atoms with Crippen molar-refractivity contribution in [2.24, 2.45) is 0 Å². The van der Waals surface area contributed by atoms with E-state index in [1.165, 1.54) is 37.2 Å². The Morgan fingerprint density at radius 3 is 2.18 bits per heavy atom. The highest BCUT2D eigenvalue weighted by Gasteiger charge is 2.44. The fraction of sp³-hybridized carbons (Fsp3) is 0.406. The highest BCUT2D eigenvalue weighted by Crippen LogP contribution is 2.50. The highest BCUT2D eigenvalue weighted by atomic mass is 79.9. The number of esters is 1. The van der Waals surface area contributed by atoms with Crippen LogP contribution in [0.3, 0.4) is 0 Å². The van der Waals surface area contributed by atoms with E-state index in [0.717, 1.165) is 7.11 Å². The minimum Gasteiger partial charge on any atom is -0.493 e. The molecule has 2 aliphatic rings. The number of likely N-dealkylation sites (N-methyl/N-ethyl adjacent to an activating group) is 1. The fourth-order valence-electron chi connectivity index (χ4n) is 6.47. The van der Waals surface area contributed by atoms with E-state index in [9.17, 15) is 27.6 Å². The lowest BCUT2D eigenvalue weighted by Crippen LogP contribution is -2.48. The topological polar surface area (TPSA) is 139 Å². The number of piperazine rings is 1. The minimum atomic E-state index is -5.00. The normalized spacial score (nSPS) is 16.3. The summed E-state index contributed by atoms with van der Waals surface area (Å²) in [7, 11) is 7.24. The van der Waals surface area contributed by atoms with Crippen molar-refractivity contribution in [3.05, 3.63) is 40.7 Å². The van der Waals surface area contributed by atoms with Crippen LogP contribution in [-0.4, -0.2) is 111 Å². The number of carbonyl (C=O) groups excluding carboxylic acids is 3. The minimum absolute atomic E-state index is 0. The second kappa shape index (κ2) is 14.1. The average molecular weight is 789 g/mol. The van der Waals surface area contributed by atoms with Gasteiger partial charge in [-0.3, -0.25) is 4.79 Å². The Bertz CT molecular complexity index is 1970. The first-order chi connectivity index (χ1) is 23.4. The number of amides is 2. The zero-order valence-corrected chi connectivity index (χ0v) is 30.0. The monoisotopic (exact) mass is 787 g/mol. The molecule has 0 radical (unpaired) electrons. The molecule has 6 rings (SSSR count). The summed E-state index contributed by atoms with van der Waals surface area (Å²) in [5.74, 6) is -1.65. The van der Waals surface area contributed by atoms with Crippen LogP contribution in [0.2, 0.25) is 0 Å². The van der Waals surface area contributed by atoms with Crippen molar-refractivity contribution in [1.82, 2.24) is 19.8 Å². The number of benzene rings is 2. The Morgan fingerprint density at radius 2 is 1.60 bits per heavy atom. The van der Waals surface area contributed by atoms with Crippen LogP contribution in [0, 0.1) is 0 Å². The van der Waals surface area contributed by atoms with Gasteiger partial charge in [-0.05, 0) is 24.7 Å². The van der Waals surface area contributed by atoms with E-state index >= 15 is 0 Å². The van der Waals surface area contributed by atoms with Gasteiger partial charge in [-0.15, -0.1) is 12.4 Å². The number of fused-ring (bicyclic) bond motifs is 4. The van der Waals surface area contributed by atoms with Gasteiger partial charge in [-0.25, -0.2) is 9.59 Å². The number of alkyl halides is 4. The molecule has 1 fully saturated rings. The summed E-state index contributed by atoms with van der Waals surface area (Å²) in [5.41, 5.74) is -1.32. The summed E-state index contributed by atoms with van der Waals surface area (Å²) in [4.78, 5) is 51.0. The smallest absolute Gasteiger partial charge is 0.432 e. The summed E-state index contributed by atoms with van der Waals surface area (Å²) >= 11 is 3.45. The Hall–Kier alpha value is -4.35. The molecule has 0 spiro atoms. The van der Waals surface area contributed by atoms with E-state index in [4.69, 9.17) is 23.7 Å². The third kappa shape index (κ3) is 6.15. The van der Waals surface area contributed by atoms with Crippen LogP contribution in [0.5, 0.6) is 23.0 Å². The van der Waals surface area contributed by atoms with Crippen LogP contribution in [0.25, 0.3) is 21.8 Å². The molecule has 50 heavy (non-hydrogen) atoms. The van der Waals surface area contributed by atoms with E-state index in [-0.39, 0.29) is 57.9 Å². The number of methoxy groups -OCH3 is 4. The lowest BCUT2D eigenvalue weighted by molar-refractivity contribution is -0.141. The number of hydrogen-bond acceptors (Lipinski definition) is 9. The van der Waals surface area contributed by atoms with Crippen LogP contribution in [0.15, 0.2) is 18.2 Å². The third-order valence-electron chi connectivity index (χ3n) is 8.88. The molecule has 2 aliphatic heterocycles. The van der Waals surface area contributed by atoms with Crippen LogP contribution in [-0.2, 0) is 10.9 Å². The molecule has 18 heteroatoms. The summed E-state index contributed by atoms with van der Waals surface area (Å²) in [6, 6.07) is 4.62. The van der Waals surface area contributed by atoms with Gasteiger partial charge in [-0.2, -0.15) is 13.2 Å². The first kappa shape index (κ1) is 36.9. The molecule has 2 N–H and O–H groups in total. The maximum Gasteiger partial charge on any atom is 0.432 e. The number of ether oxygens (including phenoxy) is 5. The lowest BCUT2D eigenvalue weighted by Gasteiger charge is -2.31. The van der Waals surface area contributed by atoms with Crippen molar-refractivity contribution in [2.45, 2.75) is 12.1 Å². The van der Waals surface area contributed by atoms with Crippen LogP contribution in [0.1, 0.15) is 38.0 Å². The summed E-state index contributed by atoms with van der Waals surface area (Å²) in [5, 5.41) is 0.645. The second-order valence-electron chi connectivity index (χ2n) is 11.6. The zero-order valence-electron chi connectivity index (χ0n) is 27.6. The van der Waals surface area contributed by atoms with Crippen LogP contribution >= 0.6 is 28.3 Å². The van der Waals surface area contributed by atoms with Crippen molar-refractivity contribution < 1.29 is 51.2 Å².